The summed E-state index contributed by atoms with van der Waals surface area (Å²) in [6, 6.07) is 14.4. The molecule has 2 unspecified atom stereocenters. The summed E-state index contributed by atoms with van der Waals surface area (Å²) in [4.78, 5) is 43.4. The minimum absolute atomic E-state index is 0.0131. The van der Waals surface area contributed by atoms with E-state index >= 15 is 0 Å². The molecule has 8 nitrogen and oxygen atoms in total. The van der Waals surface area contributed by atoms with E-state index in [0.29, 0.717) is 28.9 Å². The molecule has 2 atom stereocenters. The number of anilines is 2. The number of hydrogen-bond donors (Lipinski definition) is 2. The van der Waals surface area contributed by atoms with E-state index in [4.69, 9.17) is 4.74 Å². The fourth-order valence-electron chi connectivity index (χ4n) is 4.59. The van der Waals surface area contributed by atoms with E-state index in [-0.39, 0.29) is 23.3 Å². The molecule has 5 rings (SSSR count). The smallest absolute Gasteiger partial charge is 0.300 e. The third-order valence-electron chi connectivity index (χ3n) is 6.08. The fourth-order valence-corrected chi connectivity index (χ4v) is 4.59. The maximum Gasteiger partial charge on any atom is 0.300 e. The number of pyridine rings is 1. The molecule has 2 aliphatic rings. The van der Waals surface area contributed by atoms with E-state index in [1.165, 1.54) is 11.8 Å². The first kappa shape index (κ1) is 22.3. The van der Waals surface area contributed by atoms with Crippen LogP contribution in [0.4, 0.5) is 11.4 Å². The van der Waals surface area contributed by atoms with Crippen LogP contribution in [0.15, 0.2) is 72.6 Å². The fraction of sp³-hybridized carbons (Fsp3) is 0.185. The van der Waals surface area contributed by atoms with Crippen molar-refractivity contribution in [3.05, 3.63) is 89.3 Å². The average molecular weight is 469 g/mol. The number of nitrogens with one attached hydrogen (secondary N) is 1. The number of benzene rings is 2. The van der Waals surface area contributed by atoms with Gasteiger partial charge in [0, 0.05) is 42.7 Å². The van der Waals surface area contributed by atoms with Gasteiger partial charge in [0.2, 0.25) is 5.91 Å². The van der Waals surface area contributed by atoms with E-state index in [2.05, 4.69) is 10.3 Å². The summed E-state index contributed by atoms with van der Waals surface area (Å²) in [5.74, 6) is -1.27. The summed E-state index contributed by atoms with van der Waals surface area (Å²) in [7, 11) is 0. The number of carbonyl (C=O) groups is 3. The van der Waals surface area contributed by atoms with E-state index in [1.54, 1.807) is 67.0 Å². The molecule has 3 heterocycles. The molecule has 1 fully saturated rings. The van der Waals surface area contributed by atoms with Gasteiger partial charge in [0.15, 0.2) is 0 Å². The number of hydrogen-bond acceptors (Lipinski definition) is 6. The summed E-state index contributed by atoms with van der Waals surface area (Å²) in [6.45, 7) is 3.37. The molecule has 2 aliphatic heterocycles. The molecule has 176 valence electrons. The lowest BCUT2D eigenvalue weighted by Gasteiger charge is -2.25. The molecular weight excluding hydrogens is 446 g/mol. The van der Waals surface area contributed by atoms with Crippen LogP contribution in [-0.2, 0) is 20.8 Å². The molecule has 8 heteroatoms. The number of amides is 2. The van der Waals surface area contributed by atoms with Crippen molar-refractivity contribution in [2.45, 2.75) is 32.4 Å². The van der Waals surface area contributed by atoms with Crippen LogP contribution >= 0.6 is 0 Å². The Hall–Kier alpha value is -4.46. The van der Waals surface area contributed by atoms with Gasteiger partial charge < -0.3 is 15.2 Å². The Kier molecular flexibility index (Phi) is 5.56. The number of ether oxygens (including phenoxy) is 1. The minimum Gasteiger partial charge on any atom is -0.507 e. The van der Waals surface area contributed by atoms with Crippen LogP contribution in [0.3, 0.4) is 0 Å². The summed E-state index contributed by atoms with van der Waals surface area (Å²) >= 11 is 0. The molecule has 35 heavy (non-hydrogen) atoms. The number of aliphatic hydroxyl groups excluding tert-OH is 1. The molecule has 0 aliphatic carbocycles. The second-order valence-corrected chi connectivity index (χ2v) is 8.64. The number of fused-ring (bicyclic) bond motifs is 1. The molecular formula is C27H23N3O5. The number of nitrogens with zero attached hydrogens (tertiary/aromatic N) is 2. The molecule has 2 amide bonds. The molecule has 3 aromatic rings. The third-order valence-corrected chi connectivity index (χ3v) is 6.08. The van der Waals surface area contributed by atoms with Crippen molar-refractivity contribution in [2.24, 2.45) is 0 Å². The topological polar surface area (TPSA) is 109 Å². The van der Waals surface area contributed by atoms with Crippen molar-refractivity contribution < 1.29 is 24.2 Å². The van der Waals surface area contributed by atoms with Crippen LogP contribution in [0.5, 0.6) is 5.75 Å². The van der Waals surface area contributed by atoms with Gasteiger partial charge in [0.25, 0.3) is 11.7 Å². The number of aliphatic hydroxyl groups is 1. The average Bonchev–Trinajstić information content (AvgIpc) is 3.35. The summed E-state index contributed by atoms with van der Waals surface area (Å²) in [5, 5.41) is 14.0. The van der Waals surface area contributed by atoms with Gasteiger partial charge in [-0.15, -0.1) is 0 Å². The number of Topliss-reactive ketones (excluding diaryl/α,β-unsaturated/α-hetero) is 1. The van der Waals surface area contributed by atoms with E-state index < -0.39 is 17.7 Å². The van der Waals surface area contributed by atoms with Crippen molar-refractivity contribution in [2.75, 3.05) is 10.2 Å². The molecule has 0 radical (unpaired) electrons. The Morgan fingerprint density at radius 3 is 2.60 bits per heavy atom. The maximum absolute atomic E-state index is 13.3. The van der Waals surface area contributed by atoms with E-state index in [0.717, 1.165) is 11.3 Å². The van der Waals surface area contributed by atoms with Crippen LogP contribution in [0.25, 0.3) is 5.76 Å². The SMILES string of the molecule is CC(=O)Nc1ccc(N2C(=O)C(=O)/C(=C(\O)c3ccc4c(c3)CC(C)O4)C2c2cccnc2)cc1. The summed E-state index contributed by atoms with van der Waals surface area (Å²) in [6.07, 6.45) is 3.89. The quantitative estimate of drug-likeness (QED) is 0.340. The van der Waals surface area contributed by atoms with Gasteiger partial charge >= 0.3 is 0 Å². The van der Waals surface area contributed by atoms with Crippen LogP contribution in [0.2, 0.25) is 0 Å². The number of ketones is 1. The number of rotatable bonds is 4. The van der Waals surface area contributed by atoms with Gasteiger partial charge in [-0.3, -0.25) is 24.3 Å². The van der Waals surface area contributed by atoms with Gasteiger partial charge in [-0.05, 0) is 66.6 Å². The Balaban J connectivity index is 1.62. The zero-order chi connectivity index (χ0) is 24.7. The predicted octanol–water partition coefficient (Wildman–Crippen LogP) is 3.99. The Bertz CT molecular complexity index is 1370. The monoisotopic (exact) mass is 469 g/mol. The lowest BCUT2D eigenvalue weighted by atomic mass is 9.95. The molecule has 1 aromatic heterocycles. The lowest BCUT2D eigenvalue weighted by Crippen LogP contribution is -2.29. The van der Waals surface area contributed by atoms with Crippen LogP contribution in [0.1, 0.15) is 36.6 Å². The highest BCUT2D eigenvalue weighted by Crippen LogP contribution is 2.42. The second kappa shape index (κ2) is 8.72. The molecule has 2 N–H and O–H groups in total. The standard InChI is InChI=1S/C27H23N3O5/c1-15-12-19-13-17(5-10-22(19)35-15)25(32)23-24(18-4-3-11-28-14-18)30(27(34)26(23)33)21-8-6-20(7-9-21)29-16(2)31/h3-11,13-15,24,32H,12H2,1-2H3,(H,29,31)/b25-23-. The van der Waals surface area contributed by atoms with Gasteiger partial charge in [-0.2, -0.15) is 0 Å². The van der Waals surface area contributed by atoms with Gasteiger partial charge in [-0.1, -0.05) is 6.07 Å². The first-order chi connectivity index (χ1) is 16.8. The van der Waals surface area contributed by atoms with Crippen LogP contribution < -0.4 is 15.0 Å². The zero-order valence-corrected chi connectivity index (χ0v) is 19.2. The molecule has 0 spiro atoms. The molecule has 2 aromatic carbocycles. The Morgan fingerprint density at radius 2 is 1.91 bits per heavy atom. The van der Waals surface area contributed by atoms with Crippen LogP contribution in [-0.4, -0.2) is 33.8 Å². The van der Waals surface area contributed by atoms with Gasteiger partial charge in [0.05, 0.1) is 11.6 Å². The molecule has 0 saturated carbocycles. The Morgan fingerprint density at radius 1 is 1.14 bits per heavy atom. The van der Waals surface area contributed by atoms with Crippen molar-refractivity contribution in [1.29, 1.82) is 0 Å². The van der Waals surface area contributed by atoms with Crippen molar-refractivity contribution >= 4 is 34.7 Å². The first-order valence-corrected chi connectivity index (χ1v) is 11.2. The lowest BCUT2D eigenvalue weighted by molar-refractivity contribution is -0.132. The molecule has 0 bridgehead atoms. The van der Waals surface area contributed by atoms with Crippen molar-refractivity contribution in [1.82, 2.24) is 4.98 Å². The molecule has 1 saturated heterocycles. The highest BCUT2D eigenvalue weighted by molar-refractivity contribution is 6.51. The third kappa shape index (κ3) is 4.03. The second-order valence-electron chi connectivity index (χ2n) is 8.64. The van der Waals surface area contributed by atoms with E-state index in [1.807, 2.05) is 6.92 Å². The van der Waals surface area contributed by atoms with Gasteiger partial charge in [-0.25, -0.2) is 0 Å². The Labute approximate surface area is 201 Å². The van der Waals surface area contributed by atoms with Crippen molar-refractivity contribution in [3.63, 3.8) is 0 Å². The maximum atomic E-state index is 13.3. The zero-order valence-electron chi connectivity index (χ0n) is 19.2. The summed E-state index contributed by atoms with van der Waals surface area (Å²) in [5.41, 5.74) is 2.95. The number of carbonyl (C=O) groups excluding carboxylic acids is 3. The largest absolute Gasteiger partial charge is 0.507 e. The van der Waals surface area contributed by atoms with Crippen LogP contribution in [0, 0.1) is 0 Å². The number of aromatic nitrogens is 1. The highest BCUT2D eigenvalue weighted by Gasteiger charge is 2.47. The predicted molar refractivity (Wildman–Crippen MR) is 130 cm³/mol. The van der Waals surface area contributed by atoms with Crippen molar-refractivity contribution in [3.8, 4) is 5.75 Å². The normalized spacial score (nSPS) is 20.5. The summed E-state index contributed by atoms with van der Waals surface area (Å²) < 4.78 is 5.74. The highest BCUT2D eigenvalue weighted by atomic mass is 16.5. The first-order valence-electron chi connectivity index (χ1n) is 11.2. The minimum atomic E-state index is -0.876. The van der Waals surface area contributed by atoms with Gasteiger partial charge in [0.1, 0.15) is 17.6 Å². The van der Waals surface area contributed by atoms with E-state index in [9.17, 15) is 19.5 Å².